The topological polar surface area (TPSA) is 46.3 Å². The Kier molecular flexibility index (Phi) is 4.53. The Hall–Kier alpha value is -0.640. The van der Waals surface area contributed by atoms with E-state index < -0.39 is 5.41 Å². The van der Waals surface area contributed by atoms with Gasteiger partial charge in [0.25, 0.3) is 0 Å². The molecule has 4 heteroatoms. The Morgan fingerprint density at radius 2 is 1.88 bits per heavy atom. The third kappa shape index (κ3) is 2.62. The first-order valence-corrected chi connectivity index (χ1v) is 6.88. The Morgan fingerprint density at radius 1 is 1.41 bits per heavy atom. The average Bonchev–Trinajstić information content (AvgIpc) is 2.27. The zero-order chi connectivity index (χ0) is 13.2. The maximum absolute atomic E-state index is 12.7. The van der Waals surface area contributed by atoms with Gasteiger partial charge in [0.05, 0.1) is 10.4 Å². The van der Waals surface area contributed by atoms with Gasteiger partial charge in [-0.1, -0.05) is 19.1 Å². The third-order valence-electron chi connectivity index (χ3n) is 4.15. The number of amides is 1. The van der Waals surface area contributed by atoms with Crippen LogP contribution >= 0.6 is 12.2 Å². The zero-order valence-electron chi connectivity index (χ0n) is 11.3. The molecule has 0 aliphatic carbocycles. The summed E-state index contributed by atoms with van der Waals surface area (Å²) in [4.78, 5) is 15.0. The van der Waals surface area contributed by atoms with Crippen molar-refractivity contribution in [2.45, 2.75) is 65.5 Å². The van der Waals surface area contributed by atoms with Crippen LogP contribution in [-0.2, 0) is 4.79 Å². The Morgan fingerprint density at radius 3 is 2.24 bits per heavy atom. The van der Waals surface area contributed by atoms with Crippen LogP contribution in [0.1, 0.15) is 53.4 Å². The quantitative estimate of drug-likeness (QED) is 0.789. The lowest BCUT2D eigenvalue weighted by atomic mass is 9.83. The maximum atomic E-state index is 12.7. The van der Waals surface area contributed by atoms with Crippen molar-refractivity contribution < 1.29 is 4.79 Å². The molecule has 98 valence electrons. The number of carbonyl (C=O) groups excluding carboxylic acids is 1. The monoisotopic (exact) mass is 256 g/mol. The van der Waals surface area contributed by atoms with Crippen molar-refractivity contribution in [3.63, 3.8) is 0 Å². The molecule has 1 heterocycles. The second-order valence-corrected chi connectivity index (χ2v) is 5.83. The van der Waals surface area contributed by atoms with Gasteiger partial charge >= 0.3 is 0 Å². The number of hydrogen-bond acceptors (Lipinski definition) is 2. The first-order chi connectivity index (χ1) is 7.84. The summed E-state index contributed by atoms with van der Waals surface area (Å²) < 4.78 is 0. The molecule has 3 unspecified atom stereocenters. The fraction of sp³-hybridized carbons (Fsp3) is 0.846. The molecule has 0 aromatic heterocycles. The molecule has 2 N–H and O–H groups in total. The van der Waals surface area contributed by atoms with Crippen LogP contribution in [0.3, 0.4) is 0 Å². The lowest BCUT2D eigenvalue weighted by Gasteiger charge is -2.43. The second kappa shape index (κ2) is 5.34. The van der Waals surface area contributed by atoms with Crippen LogP contribution in [0.15, 0.2) is 0 Å². The van der Waals surface area contributed by atoms with Crippen LogP contribution in [0.2, 0.25) is 0 Å². The molecule has 1 saturated heterocycles. The average molecular weight is 256 g/mol. The molecule has 0 bridgehead atoms. The number of thiocarbonyl (C=S) groups is 1. The second-order valence-electron chi connectivity index (χ2n) is 5.39. The van der Waals surface area contributed by atoms with Crippen molar-refractivity contribution in [2.75, 3.05) is 0 Å². The van der Waals surface area contributed by atoms with E-state index in [1.54, 1.807) is 0 Å². The minimum Gasteiger partial charge on any atom is -0.392 e. The molecule has 0 aromatic rings. The molecule has 0 radical (unpaired) electrons. The number of likely N-dealkylation sites (tertiary alicyclic amines) is 1. The van der Waals surface area contributed by atoms with E-state index in [1.807, 2.05) is 18.7 Å². The van der Waals surface area contributed by atoms with E-state index in [9.17, 15) is 4.79 Å². The molecular weight excluding hydrogens is 232 g/mol. The van der Waals surface area contributed by atoms with Gasteiger partial charge in [0.1, 0.15) is 0 Å². The minimum absolute atomic E-state index is 0.104. The molecular formula is C13H24N2OS. The summed E-state index contributed by atoms with van der Waals surface area (Å²) in [5.74, 6) is 0.104. The lowest BCUT2D eigenvalue weighted by molar-refractivity contribution is -0.144. The molecule has 1 aliphatic heterocycles. The summed E-state index contributed by atoms with van der Waals surface area (Å²) in [6.07, 6.45) is 4.01. The first kappa shape index (κ1) is 14.4. The molecule has 3 atom stereocenters. The minimum atomic E-state index is -0.685. The Bertz CT molecular complexity index is 309. The largest absolute Gasteiger partial charge is 0.392 e. The van der Waals surface area contributed by atoms with Crippen molar-refractivity contribution in [1.82, 2.24) is 4.90 Å². The smallest absolute Gasteiger partial charge is 0.235 e. The zero-order valence-corrected chi connectivity index (χ0v) is 12.1. The van der Waals surface area contributed by atoms with Gasteiger partial charge in [-0.2, -0.15) is 0 Å². The highest BCUT2D eigenvalue weighted by molar-refractivity contribution is 7.80. The third-order valence-corrected chi connectivity index (χ3v) is 4.60. The van der Waals surface area contributed by atoms with E-state index in [2.05, 4.69) is 13.8 Å². The van der Waals surface area contributed by atoms with E-state index in [1.165, 1.54) is 6.42 Å². The van der Waals surface area contributed by atoms with Crippen LogP contribution in [-0.4, -0.2) is 27.9 Å². The number of rotatable bonds is 3. The molecule has 1 rings (SSSR count). The van der Waals surface area contributed by atoms with Crippen LogP contribution < -0.4 is 5.73 Å². The maximum Gasteiger partial charge on any atom is 0.235 e. The van der Waals surface area contributed by atoms with E-state index in [0.29, 0.717) is 23.5 Å². The number of hydrogen-bond donors (Lipinski definition) is 1. The standard InChI is InChI=1S/C13H24N2OS/c1-5-13(4,11(14)17)12(16)15-9(2)7-6-8-10(15)3/h9-10H,5-8H2,1-4H3,(H2,14,17). The highest BCUT2D eigenvalue weighted by Crippen LogP contribution is 2.31. The van der Waals surface area contributed by atoms with Crippen molar-refractivity contribution in [1.29, 1.82) is 0 Å². The van der Waals surface area contributed by atoms with Gasteiger partial charge in [0.15, 0.2) is 0 Å². The van der Waals surface area contributed by atoms with Crippen molar-refractivity contribution in [3.8, 4) is 0 Å². The summed E-state index contributed by atoms with van der Waals surface area (Å²) >= 11 is 5.08. The van der Waals surface area contributed by atoms with Crippen LogP contribution in [0, 0.1) is 5.41 Å². The van der Waals surface area contributed by atoms with Crippen LogP contribution in [0.5, 0.6) is 0 Å². The molecule has 0 aromatic carbocycles. The van der Waals surface area contributed by atoms with Gasteiger partial charge in [0, 0.05) is 12.1 Å². The number of piperidine rings is 1. The van der Waals surface area contributed by atoms with Crippen molar-refractivity contribution in [2.24, 2.45) is 11.1 Å². The number of nitrogens with zero attached hydrogens (tertiary/aromatic N) is 1. The molecule has 17 heavy (non-hydrogen) atoms. The summed E-state index contributed by atoms with van der Waals surface area (Å²) in [5, 5.41) is 0. The Balaban J connectivity index is 2.97. The van der Waals surface area contributed by atoms with E-state index in [0.717, 1.165) is 12.8 Å². The molecule has 0 saturated carbocycles. The molecule has 1 aliphatic rings. The molecule has 1 fully saturated rings. The fourth-order valence-electron chi connectivity index (χ4n) is 2.54. The van der Waals surface area contributed by atoms with E-state index >= 15 is 0 Å². The first-order valence-electron chi connectivity index (χ1n) is 6.47. The summed E-state index contributed by atoms with van der Waals surface area (Å²) in [7, 11) is 0. The Labute approximate surface area is 110 Å². The molecule has 3 nitrogen and oxygen atoms in total. The van der Waals surface area contributed by atoms with Gasteiger partial charge < -0.3 is 10.6 Å². The normalized spacial score (nSPS) is 28.6. The SMILES string of the molecule is CCC(C)(C(=O)N1C(C)CCCC1C)C(N)=S. The molecule has 0 spiro atoms. The highest BCUT2D eigenvalue weighted by Gasteiger charge is 2.41. The molecule has 1 amide bonds. The number of nitrogens with two attached hydrogens (primary N) is 1. The van der Waals surface area contributed by atoms with Gasteiger partial charge in [0.2, 0.25) is 5.91 Å². The van der Waals surface area contributed by atoms with Gasteiger partial charge in [-0.3, -0.25) is 4.79 Å². The lowest BCUT2D eigenvalue weighted by Crippen LogP contribution is -2.55. The van der Waals surface area contributed by atoms with Crippen molar-refractivity contribution >= 4 is 23.1 Å². The van der Waals surface area contributed by atoms with E-state index in [4.69, 9.17) is 18.0 Å². The summed E-state index contributed by atoms with van der Waals surface area (Å²) in [6.45, 7) is 8.06. The summed E-state index contributed by atoms with van der Waals surface area (Å²) in [5.41, 5.74) is 5.08. The van der Waals surface area contributed by atoms with Crippen LogP contribution in [0.4, 0.5) is 0 Å². The predicted octanol–water partition coefficient (Wildman–Crippen LogP) is 2.48. The van der Waals surface area contributed by atoms with Gasteiger partial charge in [-0.25, -0.2) is 0 Å². The predicted molar refractivity (Wildman–Crippen MR) is 74.8 cm³/mol. The van der Waals surface area contributed by atoms with E-state index in [-0.39, 0.29) is 5.91 Å². The van der Waals surface area contributed by atoms with Crippen molar-refractivity contribution in [3.05, 3.63) is 0 Å². The van der Waals surface area contributed by atoms with Crippen LogP contribution in [0.25, 0.3) is 0 Å². The van der Waals surface area contributed by atoms with Gasteiger partial charge in [-0.15, -0.1) is 0 Å². The summed E-state index contributed by atoms with van der Waals surface area (Å²) in [6, 6.07) is 0.595. The van der Waals surface area contributed by atoms with Gasteiger partial charge in [-0.05, 0) is 46.5 Å². The highest BCUT2D eigenvalue weighted by atomic mass is 32.1. The fourth-order valence-corrected chi connectivity index (χ4v) is 2.77. The number of carbonyl (C=O) groups is 1.